The number of alkyl halides is 2. The molecule has 142 valence electrons. The summed E-state index contributed by atoms with van der Waals surface area (Å²) < 4.78 is 47.9. The number of carbonyl (C=O) groups is 2. The first kappa shape index (κ1) is 18.8. The summed E-state index contributed by atoms with van der Waals surface area (Å²) in [7, 11) is -4.71. The average molecular weight is 395 g/mol. The van der Waals surface area contributed by atoms with E-state index in [0.717, 1.165) is 24.3 Å². The van der Waals surface area contributed by atoms with Crippen molar-refractivity contribution in [3.63, 3.8) is 0 Å². The molecule has 0 radical (unpaired) electrons. The van der Waals surface area contributed by atoms with Crippen LogP contribution in [0.5, 0.6) is 0 Å². The van der Waals surface area contributed by atoms with E-state index in [4.69, 9.17) is 0 Å². The van der Waals surface area contributed by atoms with Crippen LogP contribution in [0.2, 0.25) is 0 Å². The second-order valence-electron chi connectivity index (χ2n) is 5.72. The van der Waals surface area contributed by atoms with Crippen LogP contribution >= 0.6 is 0 Å². The van der Waals surface area contributed by atoms with Crippen molar-refractivity contribution >= 4 is 33.2 Å². The molecule has 1 saturated heterocycles. The highest BCUT2D eigenvalue weighted by Crippen LogP contribution is 2.22. The number of amides is 3. The Morgan fingerprint density at radius 3 is 2.44 bits per heavy atom. The van der Waals surface area contributed by atoms with Crippen LogP contribution in [0.15, 0.2) is 53.4 Å². The van der Waals surface area contributed by atoms with E-state index in [9.17, 15) is 26.8 Å². The lowest BCUT2D eigenvalue weighted by molar-refractivity contribution is 0.102. The molecule has 0 bridgehead atoms. The van der Waals surface area contributed by atoms with E-state index < -0.39 is 26.4 Å². The van der Waals surface area contributed by atoms with Gasteiger partial charge in [-0.25, -0.2) is 13.2 Å². The van der Waals surface area contributed by atoms with Crippen LogP contribution in [0, 0.1) is 0 Å². The molecule has 3 amide bonds. The fraction of sp³-hybridized carbons (Fsp3) is 0.176. The number of nitrogens with one attached hydrogen (secondary N) is 2. The Labute approximate surface area is 153 Å². The fourth-order valence-corrected chi connectivity index (χ4v) is 3.29. The van der Waals surface area contributed by atoms with Crippen LogP contribution in [0.3, 0.4) is 0 Å². The molecule has 27 heavy (non-hydrogen) atoms. The second kappa shape index (κ2) is 7.31. The molecule has 10 heteroatoms. The first-order valence-corrected chi connectivity index (χ1v) is 9.42. The van der Waals surface area contributed by atoms with Crippen molar-refractivity contribution in [2.75, 3.05) is 23.3 Å². The number of halogens is 2. The number of hydrogen-bond acceptors (Lipinski definition) is 4. The lowest BCUT2D eigenvalue weighted by Crippen LogP contribution is -2.27. The zero-order valence-electron chi connectivity index (χ0n) is 13.9. The summed E-state index contributed by atoms with van der Waals surface area (Å²) in [6.45, 7) is 1.04. The number of carbonyl (C=O) groups excluding carboxylic acids is 2. The zero-order valence-corrected chi connectivity index (χ0v) is 14.7. The third-order valence-electron chi connectivity index (χ3n) is 3.95. The molecule has 1 aliphatic heterocycles. The van der Waals surface area contributed by atoms with E-state index in [1.165, 1.54) is 4.90 Å². The van der Waals surface area contributed by atoms with Crippen molar-refractivity contribution in [1.29, 1.82) is 0 Å². The van der Waals surface area contributed by atoms with Gasteiger partial charge in [0.1, 0.15) is 0 Å². The molecule has 2 N–H and O–H groups in total. The Kier molecular flexibility index (Phi) is 5.08. The molecule has 0 unspecified atom stereocenters. The van der Waals surface area contributed by atoms with Crippen LogP contribution in [-0.2, 0) is 9.84 Å². The predicted molar refractivity (Wildman–Crippen MR) is 94.8 cm³/mol. The zero-order chi connectivity index (χ0) is 19.6. The van der Waals surface area contributed by atoms with E-state index in [-0.39, 0.29) is 11.6 Å². The van der Waals surface area contributed by atoms with Gasteiger partial charge in [-0.1, -0.05) is 6.07 Å². The van der Waals surface area contributed by atoms with Gasteiger partial charge in [-0.2, -0.15) is 8.78 Å². The third-order valence-corrected chi connectivity index (χ3v) is 5.35. The molecule has 1 heterocycles. The SMILES string of the molecule is O=C(Nc1cccc(N2CCNC2=O)c1)c1ccc(S(=O)(=O)C(F)F)cc1. The van der Waals surface area contributed by atoms with Gasteiger partial charge >= 0.3 is 11.8 Å². The van der Waals surface area contributed by atoms with Gasteiger partial charge in [0.25, 0.3) is 5.91 Å². The minimum atomic E-state index is -4.71. The summed E-state index contributed by atoms with van der Waals surface area (Å²) in [5.74, 6) is -4.07. The maximum Gasteiger partial charge on any atom is 0.341 e. The van der Waals surface area contributed by atoms with Crippen LogP contribution in [0.1, 0.15) is 10.4 Å². The Morgan fingerprint density at radius 2 is 1.85 bits per heavy atom. The summed E-state index contributed by atoms with van der Waals surface area (Å²) in [6.07, 6.45) is 0. The standard InChI is InChI=1S/C17H15F2N3O4S/c18-16(19)27(25,26)14-6-4-11(5-7-14)15(23)21-12-2-1-3-13(10-12)22-9-8-20-17(22)24/h1-7,10,16H,8-9H2,(H,20,24)(H,21,23). The first-order valence-electron chi connectivity index (χ1n) is 7.88. The molecule has 7 nitrogen and oxygen atoms in total. The molecule has 0 aliphatic carbocycles. The van der Waals surface area contributed by atoms with E-state index in [2.05, 4.69) is 10.6 Å². The molecule has 1 aliphatic rings. The molecular weight excluding hydrogens is 380 g/mol. The van der Waals surface area contributed by atoms with Crippen molar-refractivity contribution in [3.8, 4) is 0 Å². The van der Waals surface area contributed by atoms with Gasteiger partial charge in [0.15, 0.2) is 0 Å². The molecule has 0 spiro atoms. The molecule has 2 aromatic carbocycles. The highest BCUT2D eigenvalue weighted by Gasteiger charge is 2.26. The Balaban J connectivity index is 1.75. The lowest BCUT2D eigenvalue weighted by Gasteiger charge is -2.15. The normalized spacial score (nSPS) is 14.3. The monoisotopic (exact) mass is 395 g/mol. The van der Waals surface area contributed by atoms with E-state index in [0.29, 0.717) is 24.5 Å². The highest BCUT2D eigenvalue weighted by atomic mass is 32.2. The van der Waals surface area contributed by atoms with Gasteiger partial charge in [0.2, 0.25) is 9.84 Å². The van der Waals surface area contributed by atoms with Gasteiger partial charge in [0, 0.05) is 30.0 Å². The van der Waals surface area contributed by atoms with Crippen molar-refractivity contribution in [1.82, 2.24) is 5.32 Å². The maximum atomic E-state index is 12.5. The largest absolute Gasteiger partial charge is 0.341 e. The molecule has 2 aromatic rings. The number of anilines is 2. The smallest absolute Gasteiger partial charge is 0.336 e. The van der Waals surface area contributed by atoms with E-state index in [1.807, 2.05) is 0 Å². The Hall–Kier alpha value is -3.01. The fourth-order valence-electron chi connectivity index (χ4n) is 2.57. The number of hydrogen-bond donors (Lipinski definition) is 2. The second-order valence-corrected chi connectivity index (χ2v) is 7.64. The molecule has 0 saturated carbocycles. The minimum Gasteiger partial charge on any atom is -0.336 e. The molecule has 0 aromatic heterocycles. The van der Waals surface area contributed by atoms with Crippen molar-refractivity contribution in [2.45, 2.75) is 10.7 Å². The van der Waals surface area contributed by atoms with Crippen LogP contribution < -0.4 is 15.5 Å². The van der Waals surface area contributed by atoms with Gasteiger partial charge in [-0.15, -0.1) is 0 Å². The van der Waals surface area contributed by atoms with E-state index in [1.54, 1.807) is 24.3 Å². The molecule has 1 fully saturated rings. The highest BCUT2D eigenvalue weighted by molar-refractivity contribution is 7.91. The first-order chi connectivity index (χ1) is 12.8. The molecular formula is C17H15F2N3O4S. The van der Waals surface area contributed by atoms with Crippen molar-refractivity contribution in [3.05, 3.63) is 54.1 Å². The van der Waals surface area contributed by atoms with Crippen molar-refractivity contribution in [2.24, 2.45) is 0 Å². The summed E-state index contributed by atoms with van der Waals surface area (Å²) in [5.41, 5.74) is 1.15. The van der Waals surface area contributed by atoms with Gasteiger partial charge in [-0.3, -0.25) is 9.69 Å². The number of sulfone groups is 1. The van der Waals surface area contributed by atoms with Crippen molar-refractivity contribution < 1.29 is 26.8 Å². The quantitative estimate of drug-likeness (QED) is 0.813. The topological polar surface area (TPSA) is 95.6 Å². The van der Waals surface area contributed by atoms with Crippen LogP contribution in [0.4, 0.5) is 25.0 Å². The summed E-state index contributed by atoms with van der Waals surface area (Å²) in [4.78, 5) is 25.0. The molecule has 3 rings (SSSR count). The van der Waals surface area contributed by atoms with Gasteiger partial charge in [0.05, 0.1) is 4.90 Å². The minimum absolute atomic E-state index is 0.104. The summed E-state index contributed by atoms with van der Waals surface area (Å²) in [5, 5.41) is 5.30. The summed E-state index contributed by atoms with van der Waals surface area (Å²) in [6, 6.07) is 10.7. The van der Waals surface area contributed by atoms with Gasteiger partial charge in [-0.05, 0) is 42.5 Å². The molecule has 0 atom stereocenters. The van der Waals surface area contributed by atoms with Crippen LogP contribution in [-0.4, -0.2) is 39.2 Å². The van der Waals surface area contributed by atoms with E-state index >= 15 is 0 Å². The predicted octanol–water partition coefficient (Wildman–Crippen LogP) is 2.46. The Morgan fingerprint density at radius 1 is 1.15 bits per heavy atom. The lowest BCUT2D eigenvalue weighted by atomic mass is 10.2. The number of nitrogens with zero attached hydrogens (tertiary/aromatic N) is 1. The third kappa shape index (κ3) is 3.90. The number of rotatable bonds is 5. The average Bonchev–Trinajstić information content (AvgIpc) is 3.08. The van der Waals surface area contributed by atoms with Crippen LogP contribution in [0.25, 0.3) is 0 Å². The van der Waals surface area contributed by atoms with Gasteiger partial charge < -0.3 is 10.6 Å². The summed E-state index contributed by atoms with van der Waals surface area (Å²) >= 11 is 0. The number of urea groups is 1. The maximum absolute atomic E-state index is 12.5. The Bertz CT molecular complexity index is 978. The number of benzene rings is 2.